The molecule has 1 atom stereocenters. The molecule has 1 N–H and O–H groups in total. The number of aromatic nitrogens is 2. The fourth-order valence-electron chi connectivity index (χ4n) is 4.64. The molecule has 0 saturated carbocycles. The van der Waals surface area contributed by atoms with Crippen molar-refractivity contribution in [1.29, 1.82) is 0 Å². The lowest BCUT2D eigenvalue weighted by atomic mass is 9.73. The zero-order chi connectivity index (χ0) is 18.7. The molecule has 1 aromatic rings. The first-order valence-electron chi connectivity index (χ1n) is 10.0. The minimum absolute atomic E-state index is 0.0437. The van der Waals surface area contributed by atoms with Gasteiger partial charge in [-0.1, -0.05) is 0 Å². The van der Waals surface area contributed by atoms with Crippen LogP contribution < -0.4 is 0 Å². The Labute approximate surface area is 159 Å². The molecule has 8 nitrogen and oxygen atoms in total. The number of aromatic amines is 1. The largest absolute Gasteiger partial charge is 0.378 e. The number of piperidine rings is 2. The molecule has 1 spiro atoms. The van der Waals surface area contributed by atoms with Crippen LogP contribution in [0.5, 0.6) is 0 Å². The zero-order valence-corrected chi connectivity index (χ0v) is 15.9. The second-order valence-electron chi connectivity index (χ2n) is 8.05. The summed E-state index contributed by atoms with van der Waals surface area (Å²) in [5, 5.41) is 0. The Morgan fingerprint density at radius 2 is 2.04 bits per heavy atom. The number of carbonyl (C=O) groups excluding carboxylic acids is 2. The van der Waals surface area contributed by atoms with Crippen LogP contribution in [0.4, 0.5) is 4.79 Å². The molecule has 3 fully saturated rings. The Morgan fingerprint density at radius 3 is 2.81 bits per heavy atom. The van der Waals surface area contributed by atoms with Gasteiger partial charge in [-0.05, 0) is 19.3 Å². The first kappa shape index (κ1) is 18.3. The van der Waals surface area contributed by atoms with E-state index in [0.717, 1.165) is 51.0 Å². The van der Waals surface area contributed by atoms with Crippen LogP contribution in [0.2, 0.25) is 0 Å². The summed E-state index contributed by atoms with van der Waals surface area (Å²) in [5.74, 6) is 0.233. The average molecular weight is 375 g/mol. The van der Waals surface area contributed by atoms with Gasteiger partial charge in [0.2, 0.25) is 5.91 Å². The quantitative estimate of drug-likeness (QED) is 0.858. The summed E-state index contributed by atoms with van der Waals surface area (Å²) in [7, 11) is 0. The number of nitrogens with zero attached hydrogens (tertiary/aromatic N) is 4. The summed E-state index contributed by atoms with van der Waals surface area (Å²) in [6.45, 7) is 5.65. The van der Waals surface area contributed by atoms with Crippen molar-refractivity contribution in [2.45, 2.75) is 32.1 Å². The third-order valence-corrected chi connectivity index (χ3v) is 6.17. The summed E-state index contributed by atoms with van der Waals surface area (Å²) in [6.07, 6.45) is 7.85. The highest BCUT2D eigenvalue weighted by atomic mass is 16.5. The van der Waals surface area contributed by atoms with E-state index in [1.807, 2.05) is 20.9 Å². The van der Waals surface area contributed by atoms with E-state index in [1.165, 1.54) is 0 Å². The number of rotatable bonds is 3. The topological polar surface area (TPSA) is 81.8 Å². The third kappa shape index (κ3) is 4.10. The Balaban J connectivity index is 1.38. The number of amides is 3. The fraction of sp³-hybridized carbons (Fsp3) is 0.737. The molecule has 4 rings (SSSR count). The molecule has 3 aliphatic rings. The van der Waals surface area contributed by atoms with Crippen molar-refractivity contribution in [3.63, 3.8) is 0 Å². The van der Waals surface area contributed by atoms with Gasteiger partial charge < -0.3 is 24.4 Å². The van der Waals surface area contributed by atoms with E-state index < -0.39 is 0 Å². The summed E-state index contributed by atoms with van der Waals surface area (Å²) >= 11 is 0. The molecule has 1 unspecified atom stereocenters. The van der Waals surface area contributed by atoms with Gasteiger partial charge in [-0.15, -0.1) is 0 Å². The van der Waals surface area contributed by atoms with Crippen molar-refractivity contribution < 1.29 is 14.3 Å². The molecule has 8 heteroatoms. The first-order valence-corrected chi connectivity index (χ1v) is 10.0. The van der Waals surface area contributed by atoms with E-state index in [-0.39, 0.29) is 17.4 Å². The number of hydrogen-bond acceptors (Lipinski definition) is 4. The molecule has 0 aromatic carbocycles. The Kier molecular flexibility index (Phi) is 5.33. The number of likely N-dealkylation sites (tertiary alicyclic amines) is 2. The van der Waals surface area contributed by atoms with Crippen LogP contribution in [-0.4, -0.2) is 89.1 Å². The molecule has 27 heavy (non-hydrogen) atoms. The van der Waals surface area contributed by atoms with Gasteiger partial charge in [-0.25, -0.2) is 9.78 Å². The molecule has 0 radical (unpaired) electrons. The van der Waals surface area contributed by atoms with Gasteiger partial charge in [0, 0.05) is 69.4 Å². The van der Waals surface area contributed by atoms with Gasteiger partial charge in [0.15, 0.2) is 0 Å². The van der Waals surface area contributed by atoms with Crippen LogP contribution >= 0.6 is 0 Å². The Hall–Kier alpha value is -2.09. The fourth-order valence-corrected chi connectivity index (χ4v) is 4.64. The highest BCUT2D eigenvalue weighted by Gasteiger charge is 2.43. The minimum Gasteiger partial charge on any atom is -0.378 e. The maximum atomic E-state index is 12.9. The molecule has 0 aliphatic carbocycles. The standard InChI is InChI=1S/C19H29N5O3/c25-17-2-5-19(13-23(17)7-3-16-12-20-15-21-16)4-1-6-24(14-19)18(26)22-8-10-27-11-9-22/h12,15H,1-11,13-14H2,(H,20,21). The summed E-state index contributed by atoms with van der Waals surface area (Å²) < 4.78 is 5.37. The minimum atomic E-state index is 0.0437. The normalized spacial score (nSPS) is 26.7. The number of imidazole rings is 1. The van der Waals surface area contributed by atoms with E-state index in [4.69, 9.17) is 4.74 Å². The molecule has 0 bridgehead atoms. The maximum Gasteiger partial charge on any atom is 0.320 e. The highest BCUT2D eigenvalue weighted by Crippen LogP contribution is 2.39. The Bertz CT molecular complexity index is 658. The Morgan fingerprint density at radius 1 is 1.19 bits per heavy atom. The number of morpholine rings is 1. The second-order valence-corrected chi connectivity index (χ2v) is 8.05. The molecule has 3 aliphatic heterocycles. The predicted molar refractivity (Wildman–Crippen MR) is 99.1 cm³/mol. The zero-order valence-electron chi connectivity index (χ0n) is 15.9. The molecular weight excluding hydrogens is 346 g/mol. The van der Waals surface area contributed by atoms with Crippen LogP contribution in [0, 0.1) is 5.41 Å². The first-order chi connectivity index (χ1) is 13.2. The lowest BCUT2D eigenvalue weighted by Gasteiger charge is -2.49. The lowest BCUT2D eigenvalue weighted by Crippen LogP contribution is -2.58. The number of carbonyl (C=O) groups is 2. The monoisotopic (exact) mass is 375 g/mol. The molecular formula is C19H29N5O3. The third-order valence-electron chi connectivity index (χ3n) is 6.17. The second kappa shape index (κ2) is 7.88. The molecule has 3 saturated heterocycles. The number of urea groups is 1. The van der Waals surface area contributed by atoms with Crippen molar-refractivity contribution in [3.8, 4) is 0 Å². The summed E-state index contributed by atoms with van der Waals surface area (Å²) in [5.41, 5.74) is 1.09. The van der Waals surface area contributed by atoms with Gasteiger partial charge in [-0.2, -0.15) is 0 Å². The van der Waals surface area contributed by atoms with E-state index >= 15 is 0 Å². The van der Waals surface area contributed by atoms with Crippen molar-refractivity contribution >= 4 is 11.9 Å². The van der Waals surface area contributed by atoms with E-state index in [9.17, 15) is 9.59 Å². The highest BCUT2D eigenvalue weighted by molar-refractivity contribution is 5.77. The van der Waals surface area contributed by atoms with Gasteiger partial charge in [0.25, 0.3) is 0 Å². The van der Waals surface area contributed by atoms with Crippen molar-refractivity contribution in [1.82, 2.24) is 24.7 Å². The number of hydrogen-bond donors (Lipinski definition) is 1. The SMILES string of the molecule is O=C1CCC2(CCCN(C(=O)N3CCOCC3)C2)CN1CCc1cnc[nH]1. The van der Waals surface area contributed by atoms with E-state index in [1.54, 1.807) is 6.33 Å². The van der Waals surface area contributed by atoms with Crippen molar-refractivity contribution in [2.75, 3.05) is 52.5 Å². The van der Waals surface area contributed by atoms with Crippen molar-refractivity contribution in [3.05, 3.63) is 18.2 Å². The molecule has 3 amide bonds. The van der Waals surface area contributed by atoms with Gasteiger partial charge >= 0.3 is 6.03 Å². The molecule has 4 heterocycles. The van der Waals surface area contributed by atoms with Gasteiger partial charge in [0.05, 0.1) is 19.5 Å². The van der Waals surface area contributed by atoms with E-state index in [0.29, 0.717) is 39.3 Å². The molecule has 1 aromatic heterocycles. The smallest absolute Gasteiger partial charge is 0.320 e. The van der Waals surface area contributed by atoms with Crippen LogP contribution in [0.15, 0.2) is 12.5 Å². The average Bonchev–Trinajstić information content (AvgIpc) is 3.23. The van der Waals surface area contributed by atoms with Gasteiger partial charge in [-0.3, -0.25) is 4.79 Å². The summed E-state index contributed by atoms with van der Waals surface area (Å²) in [4.78, 5) is 38.4. The number of H-pyrrole nitrogens is 1. The van der Waals surface area contributed by atoms with Crippen LogP contribution in [0.3, 0.4) is 0 Å². The predicted octanol–water partition coefficient (Wildman–Crippen LogP) is 1.11. The lowest BCUT2D eigenvalue weighted by molar-refractivity contribution is -0.139. The van der Waals surface area contributed by atoms with Crippen LogP contribution in [-0.2, 0) is 16.0 Å². The maximum absolute atomic E-state index is 12.9. The van der Waals surface area contributed by atoms with Gasteiger partial charge in [0.1, 0.15) is 0 Å². The molecule has 148 valence electrons. The van der Waals surface area contributed by atoms with E-state index in [2.05, 4.69) is 9.97 Å². The summed E-state index contributed by atoms with van der Waals surface area (Å²) in [6, 6.07) is 0.137. The van der Waals surface area contributed by atoms with Crippen LogP contribution in [0.1, 0.15) is 31.4 Å². The number of nitrogens with one attached hydrogen (secondary N) is 1. The van der Waals surface area contributed by atoms with Crippen molar-refractivity contribution in [2.24, 2.45) is 5.41 Å². The number of ether oxygens (including phenoxy) is 1. The van der Waals surface area contributed by atoms with Crippen LogP contribution in [0.25, 0.3) is 0 Å².